The van der Waals surface area contributed by atoms with E-state index in [4.69, 9.17) is 27.9 Å². The fourth-order valence-electron chi connectivity index (χ4n) is 1.92. The number of carbonyl (C=O) groups is 2. The minimum absolute atomic E-state index is 0.0713. The average Bonchev–Trinajstić information content (AvgIpc) is 2.50. The molecule has 0 spiro atoms. The molecule has 0 aromatic heterocycles. The Kier molecular flexibility index (Phi) is 5.70. The lowest BCUT2D eigenvalue weighted by Crippen LogP contribution is -2.30. The average molecular weight is 368 g/mol. The molecular weight excluding hydrogens is 353 g/mol. The zero-order valence-electron chi connectivity index (χ0n) is 13.0. The molecule has 0 saturated heterocycles. The molecule has 2 rings (SSSR count). The second kappa shape index (κ2) is 7.55. The van der Waals surface area contributed by atoms with Gasteiger partial charge in [-0.2, -0.15) is 0 Å². The Balaban J connectivity index is 2.05. The molecule has 0 radical (unpaired) electrons. The molecule has 2 aromatic rings. The Hall–Kier alpha value is -2.24. The van der Waals surface area contributed by atoms with E-state index in [1.807, 2.05) is 6.92 Å². The molecule has 1 amide bonds. The highest BCUT2D eigenvalue weighted by Gasteiger charge is 2.21. The fourth-order valence-corrected chi connectivity index (χ4v) is 2.26. The van der Waals surface area contributed by atoms with Crippen molar-refractivity contribution in [1.29, 1.82) is 0 Å². The molecule has 0 aliphatic heterocycles. The molecule has 24 heavy (non-hydrogen) atoms. The van der Waals surface area contributed by atoms with Crippen molar-refractivity contribution in [1.82, 2.24) is 0 Å². The van der Waals surface area contributed by atoms with Crippen LogP contribution in [0.5, 0.6) is 5.75 Å². The van der Waals surface area contributed by atoms with E-state index in [0.29, 0.717) is 10.7 Å². The minimum atomic E-state index is -1.06. The van der Waals surface area contributed by atoms with Gasteiger partial charge in [0.2, 0.25) is 0 Å². The number of phenols is 1. The molecular formula is C17H15Cl2NO4. The Morgan fingerprint density at radius 2 is 1.75 bits per heavy atom. The molecule has 126 valence electrons. The SMILES string of the molecule is Cc1ccc(Cl)cc1NC(=O)[C@@H](C)OC(=O)c1ccc(Cl)cc1O. The predicted molar refractivity (Wildman–Crippen MR) is 92.8 cm³/mol. The summed E-state index contributed by atoms with van der Waals surface area (Å²) in [4.78, 5) is 24.2. The van der Waals surface area contributed by atoms with E-state index < -0.39 is 18.0 Å². The zero-order valence-corrected chi connectivity index (χ0v) is 14.5. The van der Waals surface area contributed by atoms with Gasteiger partial charge in [-0.05, 0) is 49.7 Å². The summed E-state index contributed by atoms with van der Waals surface area (Å²) in [6.45, 7) is 3.24. The lowest BCUT2D eigenvalue weighted by Gasteiger charge is -2.15. The molecule has 2 N–H and O–H groups in total. The van der Waals surface area contributed by atoms with Gasteiger partial charge >= 0.3 is 5.97 Å². The summed E-state index contributed by atoms with van der Waals surface area (Å²) >= 11 is 11.6. The summed E-state index contributed by atoms with van der Waals surface area (Å²) in [7, 11) is 0. The van der Waals surface area contributed by atoms with Gasteiger partial charge in [0.05, 0.1) is 0 Å². The number of esters is 1. The van der Waals surface area contributed by atoms with Crippen LogP contribution in [0.2, 0.25) is 10.0 Å². The summed E-state index contributed by atoms with van der Waals surface area (Å²) in [5.41, 5.74) is 1.28. The number of halogens is 2. The summed E-state index contributed by atoms with van der Waals surface area (Å²) in [6.07, 6.45) is -1.06. The topological polar surface area (TPSA) is 75.6 Å². The second-order valence-corrected chi connectivity index (χ2v) is 6.03. The van der Waals surface area contributed by atoms with Crippen LogP contribution in [0.25, 0.3) is 0 Å². The Bertz CT molecular complexity index is 792. The first kappa shape index (κ1) is 18.1. The molecule has 0 unspecified atom stereocenters. The number of benzene rings is 2. The maximum atomic E-state index is 12.2. The van der Waals surface area contributed by atoms with E-state index in [-0.39, 0.29) is 16.3 Å². The van der Waals surface area contributed by atoms with Crippen LogP contribution in [0, 0.1) is 6.92 Å². The van der Waals surface area contributed by atoms with Crippen molar-refractivity contribution in [3.8, 4) is 5.75 Å². The number of amides is 1. The number of nitrogens with one attached hydrogen (secondary N) is 1. The molecule has 2 aromatic carbocycles. The summed E-state index contributed by atoms with van der Waals surface area (Å²) in [5, 5.41) is 13.1. The van der Waals surface area contributed by atoms with Gasteiger partial charge < -0.3 is 15.2 Å². The summed E-state index contributed by atoms with van der Waals surface area (Å²) in [6, 6.07) is 9.07. The van der Waals surface area contributed by atoms with E-state index in [9.17, 15) is 14.7 Å². The van der Waals surface area contributed by atoms with E-state index in [1.165, 1.54) is 25.1 Å². The lowest BCUT2D eigenvalue weighted by atomic mass is 10.2. The summed E-state index contributed by atoms with van der Waals surface area (Å²) < 4.78 is 5.07. The fraction of sp³-hybridized carbons (Fsp3) is 0.176. The smallest absolute Gasteiger partial charge is 0.342 e. The van der Waals surface area contributed by atoms with Crippen LogP contribution in [0.3, 0.4) is 0 Å². The van der Waals surface area contributed by atoms with Gasteiger partial charge in [0.1, 0.15) is 11.3 Å². The van der Waals surface area contributed by atoms with E-state index in [2.05, 4.69) is 5.32 Å². The third-order valence-corrected chi connectivity index (χ3v) is 3.76. The van der Waals surface area contributed by atoms with Gasteiger partial charge in [-0.25, -0.2) is 4.79 Å². The number of hydrogen-bond acceptors (Lipinski definition) is 4. The van der Waals surface area contributed by atoms with Crippen LogP contribution < -0.4 is 5.32 Å². The van der Waals surface area contributed by atoms with Crippen molar-refractivity contribution >= 4 is 40.8 Å². The molecule has 0 bridgehead atoms. The molecule has 0 heterocycles. The first-order valence-corrected chi connectivity index (χ1v) is 7.80. The van der Waals surface area contributed by atoms with Gasteiger partial charge in [-0.3, -0.25) is 4.79 Å². The van der Waals surface area contributed by atoms with Crippen molar-refractivity contribution in [2.45, 2.75) is 20.0 Å². The van der Waals surface area contributed by atoms with Gasteiger partial charge in [-0.1, -0.05) is 29.3 Å². The monoisotopic (exact) mass is 367 g/mol. The zero-order chi connectivity index (χ0) is 17.9. The number of carbonyl (C=O) groups excluding carboxylic acids is 2. The number of ether oxygens (including phenoxy) is 1. The third-order valence-electron chi connectivity index (χ3n) is 3.29. The number of phenolic OH excluding ortho intramolecular Hbond substituents is 1. The first-order chi connectivity index (χ1) is 11.3. The Labute approximate surface area is 149 Å². The highest BCUT2D eigenvalue weighted by Crippen LogP contribution is 2.23. The predicted octanol–water partition coefficient (Wildman–Crippen LogP) is 4.19. The van der Waals surface area contributed by atoms with Crippen molar-refractivity contribution in [2.24, 2.45) is 0 Å². The van der Waals surface area contributed by atoms with Gasteiger partial charge in [-0.15, -0.1) is 0 Å². The second-order valence-electron chi connectivity index (χ2n) is 5.16. The van der Waals surface area contributed by atoms with Crippen LogP contribution in [0.1, 0.15) is 22.8 Å². The van der Waals surface area contributed by atoms with Crippen LogP contribution in [0.15, 0.2) is 36.4 Å². The largest absolute Gasteiger partial charge is 0.507 e. The van der Waals surface area contributed by atoms with Crippen LogP contribution in [0.4, 0.5) is 5.69 Å². The molecule has 0 saturated carbocycles. The maximum absolute atomic E-state index is 12.2. The number of aromatic hydroxyl groups is 1. The highest BCUT2D eigenvalue weighted by molar-refractivity contribution is 6.31. The van der Waals surface area contributed by atoms with E-state index in [0.717, 1.165) is 5.56 Å². The number of rotatable bonds is 4. The number of aryl methyl sites for hydroxylation is 1. The van der Waals surface area contributed by atoms with Gasteiger partial charge in [0, 0.05) is 15.7 Å². The van der Waals surface area contributed by atoms with E-state index >= 15 is 0 Å². The normalized spacial score (nSPS) is 11.7. The minimum Gasteiger partial charge on any atom is -0.507 e. The Morgan fingerprint density at radius 3 is 2.42 bits per heavy atom. The van der Waals surface area contributed by atoms with E-state index in [1.54, 1.807) is 18.2 Å². The molecule has 7 heteroatoms. The van der Waals surface area contributed by atoms with Crippen LogP contribution in [-0.2, 0) is 9.53 Å². The quantitative estimate of drug-likeness (QED) is 0.794. The third kappa shape index (κ3) is 4.40. The van der Waals surface area contributed by atoms with Crippen molar-refractivity contribution in [3.05, 3.63) is 57.6 Å². The molecule has 0 aliphatic carbocycles. The van der Waals surface area contributed by atoms with Crippen molar-refractivity contribution in [2.75, 3.05) is 5.32 Å². The van der Waals surface area contributed by atoms with Gasteiger partial charge in [0.15, 0.2) is 6.10 Å². The first-order valence-electron chi connectivity index (χ1n) is 7.04. The molecule has 5 nitrogen and oxygen atoms in total. The molecule has 0 fully saturated rings. The van der Waals surface area contributed by atoms with Crippen molar-refractivity contribution < 1.29 is 19.4 Å². The highest BCUT2D eigenvalue weighted by atomic mass is 35.5. The molecule has 1 atom stereocenters. The molecule has 0 aliphatic rings. The standard InChI is InChI=1S/C17H15Cl2NO4/c1-9-3-4-11(18)7-14(9)20-16(22)10(2)24-17(23)13-6-5-12(19)8-15(13)21/h3-8,10,21H,1-2H3,(H,20,22)/t10-/m1/s1. The summed E-state index contributed by atoms with van der Waals surface area (Å²) in [5.74, 6) is -1.65. The van der Waals surface area contributed by atoms with Gasteiger partial charge in [0.25, 0.3) is 5.91 Å². The van der Waals surface area contributed by atoms with Crippen LogP contribution in [-0.4, -0.2) is 23.1 Å². The Morgan fingerprint density at radius 1 is 1.12 bits per heavy atom. The van der Waals surface area contributed by atoms with Crippen LogP contribution >= 0.6 is 23.2 Å². The van der Waals surface area contributed by atoms with Crippen molar-refractivity contribution in [3.63, 3.8) is 0 Å². The lowest BCUT2D eigenvalue weighted by molar-refractivity contribution is -0.123. The number of hydrogen-bond donors (Lipinski definition) is 2. The maximum Gasteiger partial charge on any atom is 0.342 e. The number of anilines is 1.